The van der Waals surface area contributed by atoms with E-state index in [1.807, 2.05) is 0 Å². The van der Waals surface area contributed by atoms with Crippen molar-refractivity contribution in [3.05, 3.63) is 24.2 Å². The molecule has 1 aromatic heterocycles. The maximum atomic E-state index is 11.9. The monoisotopic (exact) mass is 223 g/mol. The molecule has 4 heteroatoms. The van der Waals surface area contributed by atoms with Crippen LogP contribution in [0.2, 0.25) is 0 Å². The van der Waals surface area contributed by atoms with Gasteiger partial charge in [-0.1, -0.05) is 6.92 Å². The lowest BCUT2D eigenvalue weighted by molar-refractivity contribution is -0.00619. The van der Waals surface area contributed by atoms with Gasteiger partial charge in [-0.05, 0) is 18.6 Å². The minimum absolute atomic E-state index is 0.0466. The van der Waals surface area contributed by atoms with Crippen LogP contribution in [0.5, 0.6) is 0 Å². The second-order valence-corrected chi connectivity index (χ2v) is 4.01. The minimum Gasteiger partial charge on any atom is -0.461 e. The Morgan fingerprint density at radius 3 is 3.19 bits per heavy atom. The van der Waals surface area contributed by atoms with E-state index in [-0.39, 0.29) is 5.78 Å². The van der Waals surface area contributed by atoms with Crippen LogP contribution in [0.1, 0.15) is 23.9 Å². The molecule has 0 N–H and O–H groups in total. The third-order valence-corrected chi connectivity index (χ3v) is 2.96. The second kappa shape index (κ2) is 5.27. The van der Waals surface area contributed by atoms with E-state index in [4.69, 9.17) is 9.15 Å². The molecule has 2 rings (SSSR count). The molecular formula is C12H17NO3. The number of hydrogen-bond acceptors (Lipinski definition) is 4. The summed E-state index contributed by atoms with van der Waals surface area (Å²) in [6, 6.07) is 3.81. The molecular weight excluding hydrogens is 206 g/mol. The van der Waals surface area contributed by atoms with Crippen molar-refractivity contribution in [2.45, 2.75) is 19.4 Å². The van der Waals surface area contributed by atoms with E-state index in [1.54, 1.807) is 12.1 Å². The topological polar surface area (TPSA) is 42.7 Å². The molecule has 0 aromatic carbocycles. The summed E-state index contributed by atoms with van der Waals surface area (Å²) in [4.78, 5) is 14.0. The number of ether oxygens (including phenoxy) is 1. The summed E-state index contributed by atoms with van der Waals surface area (Å²) in [6.45, 7) is 4.80. The highest BCUT2D eigenvalue weighted by Gasteiger charge is 2.24. The van der Waals surface area contributed by atoms with Crippen LogP contribution in [0.15, 0.2) is 22.8 Å². The summed E-state index contributed by atoms with van der Waals surface area (Å²) in [5.74, 6) is 0.492. The average Bonchev–Trinajstić information content (AvgIpc) is 2.83. The third-order valence-electron chi connectivity index (χ3n) is 2.96. The average molecular weight is 223 g/mol. The predicted molar refractivity (Wildman–Crippen MR) is 59.5 cm³/mol. The number of nitrogens with zero attached hydrogens (tertiary/aromatic N) is 1. The van der Waals surface area contributed by atoms with Gasteiger partial charge < -0.3 is 9.15 Å². The molecule has 0 amide bonds. The van der Waals surface area contributed by atoms with Crippen molar-refractivity contribution in [3.8, 4) is 0 Å². The standard InChI is InChI=1S/C12H17NO3/c1-2-10-9-15-7-5-13(10)8-11(14)12-4-3-6-16-12/h3-4,6,10H,2,5,7-9H2,1H3. The fraction of sp³-hybridized carbons (Fsp3) is 0.583. The molecule has 2 heterocycles. The van der Waals surface area contributed by atoms with Crippen molar-refractivity contribution in [2.24, 2.45) is 0 Å². The Bertz CT molecular complexity index is 334. The Hall–Kier alpha value is -1.13. The molecule has 0 aliphatic carbocycles. The van der Waals surface area contributed by atoms with Crippen molar-refractivity contribution < 1.29 is 13.9 Å². The van der Waals surface area contributed by atoms with Crippen molar-refractivity contribution >= 4 is 5.78 Å². The van der Waals surface area contributed by atoms with Crippen LogP contribution in [0.25, 0.3) is 0 Å². The minimum atomic E-state index is 0.0466. The first kappa shape index (κ1) is 11.4. The van der Waals surface area contributed by atoms with Gasteiger partial charge >= 0.3 is 0 Å². The molecule has 88 valence electrons. The number of rotatable bonds is 4. The summed E-state index contributed by atoms with van der Waals surface area (Å²) < 4.78 is 10.5. The van der Waals surface area contributed by atoms with Gasteiger partial charge in [0.1, 0.15) is 0 Å². The highest BCUT2D eigenvalue weighted by molar-refractivity contribution is 5.95. The molecule has 16 heavy (non-hydrogen) atoms. The molecule has 1 aliphatic heterocycles. The van der Waals surface area contributed by atoms with Crippen molar-refractivity contribution in [1.29, 1.82) is 0 Å². The summed E-state index contributed by atoms with van der Waals surface area (Å²) >= 11 is 0. The first-order valence-electron chi connectivity index (χ1n) is 5.69. The SMILES string of the molecule is CCC1COCCN1CC(=O)c1ccco1. The lowest BCUT2D eigenvalue weighted by atomic mass is 10.1. The van der Waals surface area contributed by atoms with E-state index in [0.29, 0.717) is 25.0 Å². The molecule has 0 spiro atoms. The zero-order chi connectivity index (χ0) is 11.4. The summed E-state index contributed by atoms with van der Waals surface area (Å²) in [7, 11) is 0. The van der Waals surface area contributed by atoms with Gasteiger partial charge in [-0.15, -0.1) is 0 Å². The zero-order valence-corrected chi connectivity index (χ0v) is 9.52. The normalized spacial score (nSPS) is 22.2. The molecule has 4 nitrogen and oxygen atoms in total. The molecule has 1 saturated heterocycles. The van der Waals surface area contributed by atoms with E-state index in [0.717, 1.165) is 19.6 Å². The molecule has 0 bridgehead atoms. The molecule has 1 atom stereocenters. The van der Waals surface area contributed by atoms with Gasteiger partial charge in [-0.25, -0.2) is 0 Å². The van der Waals surface area contributed by atoms with Crippen LogP contribution < -0.4 is 0 Å². The van der Waals surface area contributed by atoms with E-state index in [9.17, 15) is 4.79 Å². The smallest absolute Gasteiger partial charge is 0.211 e. The van der Waals surface area contributed by atoms with Crippen molar-refractivity contribution in [3.63, 3.8) is 0 Å². The molecule has 0 radical (unpaired) electrons. The predicted octanol–water partition coefficient (Wildman–Crippen LogP) is 1.57. The highest BCUT2D eigenvalue weighted by Crippen LogP contribution is 2.11. The molecule has 1 aliphatic rings. The van der Waals surface area contributed by atoms with E-state index in [1.165, 1.54) is 6.26 Å². The molecule has 1 unspecified atom stereocenters. The van der Waals surface area contributed by atoms with Crippen LogP contribution in [-0.4, -0.2) is 43.0 Å². The van der Waals surface area contributed by atoms with Crippen molar-refractivity contribution in [2.75, 3.05) is 26.3 Å². The number of morpholine rings is 1. The van der Waals surface area contributed by atoms with E-state index in [2.05, 4.69) is 11.8 Å². The highest BCUT2D eigenvalue weighted by atomic mass is 16.5. The number of carbonyl (C=O) groups is 1. The van der Waals surface area contributed by atoms with Crippen molar-refractivity contribution in [1.82, 2.24) is 4.90 Å². The number of ketones is 1. The largest absolute Gasteiger partial charge is 0.461 e. The maximum absolute atomic E-state index is 11.9. The van der Waals surface area contributed by atoms with Gasteiger partial charge in [0.2, 0.25) is 5.78 Å². The quantitative estimate of drug-likeness (QED) is 0.727. The third kappa shape index (κ3) is 2.51. The fourth-order valence-corrected chi connectivity index (χ4v) is 1.97. The molecule has 0 saturated carbocycles. The number of hydrogen-bond donors (Lipinski definition) is 0. The Labute approximate surface area is 95.2 Å². The van der Waals surface area contributed by atoms with Gasteiger partial charge in [-0.2, -0.15) is 0 Å². The summed E-state index contributed by atoms with van der Waals surface area (Å²) in [5, 5.41) is 0. The van der Waals surface area contributed by atoms with Gasteiger partial charge in [0, 0.05) is 12.6 Å². The van der Waals surface area contributed by atoms with Gasteiger partial charge in [0.05, 0.1) is 26.0 Å². The molecule has 1 fully saturated rings. The van der Waals surface area contributed by atoms with E-state index < -0.39 is 0 Å². The first-order chi connectivity index (χ1) is 7.81. The number of furan rings is 1. The van der Waals surface area contributed by atoms with Crippen LogP contribution >= 0.6 is 0 Å². The van der Waals surface area contributed by atoms with Crippen LogP contribution in [-0.2, 0) is 4.74 Å². The van der Waals surface area contributed by atoms with Crippen LogP contribution in [0, 0.1) is 0 Å². The molecule has 1 aromatic rings. The summed E-state index contributed by atoms with van der Waals surface area (Å²) in [5.41, 5.74) is 0. The maximum Gasteiger partial charge on any atom is 0.211 e. The van der Waals surface area contributed by atoms with Gasteiger partial charge in [0.15, 0.2) is 5.76 Å². The second-order valence-electron chi connectivity index (χ2n) is 4.01. The van der Waals surface area contributed by atoms with E-state index >= 15 is 0 Å². The lowest BCUT2D eigenvalue weighted by Gasteiger charge is -2.34. The Morgan fingerprint density at radius 1 is 1.62 bits per heavy atom. The number of Topliss-reactive ketones (excluding diaryl/α,β-unsaturated/α-hetero) is 1. The van der Waals surface area contributed by atoms with Crippen LogP contribution in [0.3, 0.4) is 0 Å². The van der Waals surface area contributed by atoms with Crippen LogP contribution in [0.4, 0.5) is 0 Å². The first-order valence-corrected chi connectivity index (χ1v) is 5.69. The zero-order valence-electron chi connectivity index (χ0n) is 9.52. The Morgan fingerprint density at radius 2 is 2.50 bits per heavy atom. The Balaban J connectivity index is 1.95. The Kier molecular flexibility index (Phi) is 3.74. The van der Waals surface area contributed by atoms with Gasteiger partial charge in [-0.3, -0.25) is 9.69 Å². The lowest BCUT2D eigenvalue weighted by Crippen LogP contribution is -2.47. The van der Waals surface area contributed by atoms with Gasteiger partial charge in [0.25, 0.3) is 0 Å². The number of carbonyl (C=O) groups excluding carboxylic acids is 1. The fourth-order valence-electron chi connectivity index (χ4n) is 1.97. The summed E-state index contributed by atoms with van der Waals surface area (Å²) in [6.07, 6.45) is 2.54.